The van der Waals surface area contributed by atoms with Crippen LogP contribution in [0.4, 0.5) is 5.69 Å². The van der Waals surface area contributed by atoms with Gasteiger partial charge in [-0.2, -0.15) is 0 Å². The lowest BCUT2D eigenvalue weighted by Gasteiger charge is -2.06. The molecule has 1 saturated carbocycles. The standard InChI is InChI=1S/C22H23NO2/c1-13(2)11-17-20(22(17,3)4)21(24)23-14-9-10-16-15-7-5-6-8-18(15)25-19(16)12-14/h5-12,17,20H,1-4H3,(H,23,24)/t17-,20+/m0/s1. The molecule has 2 atom stereocenters. The molecule has 0 spiro atoms. The number of nitrogens with one attached hydrogen (secondary N) is 1. The first-order valence-corrected chi connectivity index (χ1v) is 8.75. The molecule has 1 heterocycles. The molecule has 3 aromatic rings. The minimum atomic E-state index is 0.0187. The van der Waals surface area contributed by atoms with Crippen LogP contribution in [0, 0.1) is 17.3 Å². The smallest absolute Gasteiger partial charge is 0.228 e. The van der Waals surface area contributed by atoms with Crippen LogP contribution in [-0.4, -0.2) is 5.91 Å². The van der Waals surface area contributed by atoms with E-state index in [1.165, 1.54) is 5.57 Å². The normalized spacial score (nSPS) is 21.3. The maximum Gasteiger partial charge on any atom is 0.228 e. The van der Waals surface area contributed by atoms with Gasteiger partial charge < -0.3 is 9.73 Å². The molecule has 0 unspecified atom stereocenters. The van der Waals surface area contributed by atoms with Crippen molar-refractivity contribution in [1.82, 2.24) is 0 Å². The Morgan fingerprint density at radius 1 is 1.08 bits per heavy atom. The van der Waals surface area contributed by atoms with Gasteiger partial charge in [-0.1, -0.05) is 43.7 Å². The fourth-order valence-electron chi connectivity index (χ4n) is 3.87. The molecular weight excluding hydrogens is 310 g/mol. The molecule has 0 aliphatic heterocycles. The van der Waals surface area contributed by atoms with Crippen molar-refractivity contribution in [1.29, 1.82) is 0 Å². The van der Waals surface area contributed by atoms with Crippen LogP contribution in [-0.2, 0) is 4.79 Å². The van der Waals surface area contributed by atoms with Crippen molar-refractivity contribution in [2.24, 2.45) is 17.3 Å². The number of fused-ring (bicyclic) bond motifs is 3. The van der Waals surface area contributed by atoms with E-state index in [1.807, 2.05) is 36.4 Å². The summed E-state index contributed by atoms with van der Waals surface area (Å²) in [4.78, 5) is 12.7. The van der Waals surface area contributed by atoms with Gasteiger partial charge in [-0.3, -0.25) is 4.79 Å². The van der Waals surface area contributed by atoms with Gasteiger partial charge in [-0.15, -0.1) is 0 Å². The average molecular weight is 333 g/mol. The molecule has 25 heavy (non-hydrogen) atoms. The number of rotatable bonds is 3. The average Bonchev–Trinajstić information content (AvgIpc) is 2.91. The van der Waals surface area contributed by atoms with Crippen LogP contribution in [0.2, 0.25) is 0 Å². The monoisotopic (exact) mass is 333 g/mol. The third-order valence-corrected chi connectivity index (χ3v) is 5.35. The van der Waals surface area contributed by atoms with Crippen molar-refractivity contribution in [3.8, 4) is 0 Å². The molecule has 1 aromatic heterocycles. The van der Waals surface area contributed by atoms with E-state index >= 15 is 0 Å². The molecule has 0 radical (unpaired) electrons. The Bertz CT molecular complexity index is 1010. The zero-order chi connectivity index (χ0) is 17.8. The molecule has 1 amide bonds. The highest BCUT2D eigenvalue weighted by Crippen LogP contribution is 2.59. The number of carbonyl (C=O) groups excluding carboxylic acids is 1. The second-order valence-electron chi connectivity index (χ2n) is 7.87. The molecule has 2 aromatic carbocycles. The number of amides is 1. The lowest BCUT2D eigenvalue weighted by Crippen LogP contribution is -2.16. The third kappa shape index (κ3) is 2.64. The van der Waals surface area contributed by atoms with Crippen LogP contribution in [0.3, 0.4) is 0 Å². The van der Waals surface area contributed by atoms with E-state index in [0.717, 1.165) is 27.6 Å². The molecule has 0 saturated heterocycles. The van der Waals surface area contributed by atoms with E-state index in [9.17, 15) is 4.79 Å². The first-order chi connectivity index (χ1) is 11.9. The molecule has 128 valence electrons. The summed E-state index contributed by atoms with van der Waals surface area (Å²) in [5.41, 5.74) is 3.74. The lowest BCUT2D eigenvalue weighted by molar-refractivity contribution is -0.118. The maximum atomic E-state index is 12.7. The summed E-state index contributed by atoms with van der Waals surface area (Å²) in [6.45, 7) is 8.48. The minimum absolute atomic E-state index is 0.0187. The summed E-state index contributed by atoms with van der Waals surface area (Å²) >= 11 is 0. The molecule has 0 bridgehead atoms. The molecule has 3 heteroatoms. The summed E-state index contributed by atoms with van der Waals surface area (Å²) < 4.78 is 5.90. The first-order valence-electron chi connectivity index (χ1n) is 8.75. The van der Waals surface area contributed by atoms with Crippen molar-refractivity contribution in [2.75, 3.05) is 5.32 Å². The van der Waals surface area contributed by atoms with E-state index in [1.54, 1.807) is 0 Å². The zero-order valence-electron chi connectivity index (χ0n) is 15.1. The van der Waals surface area contributed by atoms with Crippen LogP contribution in [0.15, 0.2) is 58.5 Å². The summed E-state index contributed by atoms with van der Waals surface area (Å²) in [5.74, 6) is 0.421. The van der Waals surface area contributed by atoms with Gasteiger partial charge in [-0.25, -0.2) is 0 Å². The molecule has 4 rings (SSSR count). The second-order valence-corrected chi connectivity index (χ2v) is 7.87. The van der Waals surface area contributed by atoms with Gasteiger partial charge in [0.1, 0.15) is 11.2 Å². The number of allylic oxidation sites excluding steroid dienone is 2. The highest BCUT2D eigenvalue weighted by Gasteiger charge is 2.60. The van der Waals surface area contributed by atoms with E-state index in [0.29, 0.717) is 5.92 Å². The fourth-order valence-corrected chi connectivity index (χ4v) is 3.87. The summed E-state index contributed by atoms with van der Waals surface area (Å²) in [6, 6.07) is 13.9. The van der Waals surface area contributed by atoms with E-state index in [4.69, 9.17) is 4.42 Å². The number of carbonyl (C=O) groups is 1. The predicted octanol–water partition coefficient (Wildman–Crippen LogP) is 5.76. The second kappa shape index (κ2) is 5.48. The molecule has 3 nitrogen and oxygen atoms in total. The lowest BCUT2D eigenvalue weighted by atomic mass is 10.1. The number of benzene rings is 2. The van der Waals surface area contributed by atoms with Gasteiger partial charge in [0.25, 0.3) is 0 Å². The largest absolute Gasteiger partial charge is 0.456 e. The van der Waals surface area contributed by atoms with E-state index < -0.39 is 0 Å². The van der Waals surface area contributed by atoms with Crippen molar-refractivity contribution in [3.63, 3.8) is 0 Å². The van der Waals surface area contributed by atoms with Gasteiger partial charge in [-0.05, 0) is 43.4 Å². The van der Waals surface area contributed by atoms with Gasteiger partial charge in [0, 0.05) is 22.5 Å². The van der Waals surface area contributed by atoms with Crippen LogP contribution < -0.4 is 5.32 Å². The molecule has 1 N–H and O–H groups in total. The number of furan rings is 1. The van der Waals surface area contributed by atoms with Crippen molar-refractivity contribution < 1.29 is 9.21 Å². The van der Waals surface area contributed by atoms with E-state index in [-0.39, 0.29) is 17.2 Å². The highest BCUT2D eigenvalue weighted by molar-refractivity contribution is 6.06. The number of para-hydroxylation sites is 1. The van der Waals surface area contributed by atoms with Gasteiger partial charge >= 0.3 is 0 Å². The van der Waals surface area contributed by atoms with Gasteiger partial charge in [0.15, 0.2) is 0 Å². The molecule has 1 aliphatic carbocycles. The Kier molecular flexibility index (Phi) is 3.50. The highest BCUT2D eigenvalue weighted by atomic mass is 16.3. The molecule has 1 aliphatic rings. The van der Waals surface area contributed by atoms with Crippen molar-refractivity contribution in [2.45, 2.75) is 27.7 Å². The Morgan fingerprint density at radius 3 is 2.56 bits per heavy atom. The number of hydrogen-bond donors (Lipinski definition) is 1. The minimum Gasteiger partial charge on any atom is -0.456 e. The Morgan fingerprint density at radius 2 is 1.80 bits per heavy atom. The molecule has 1 fully saturated rings. The summed E-state index contributed by atoms with van der Waals surface area (Å²) in [6.07, 6.45) is 2.21. The van der Waals surface area contributed by atoms with E-state index in [2.05, 4.69) is 45.2 Å². The maximum absolute atomic E-state index is 12.7. The SMILES string of the molecule is CC(C)=C[C@H]1[C@H](C(=O)Nc2ccc3c(c2)oc2ccccc23)C1(C)C. The van der Waals surface area contributed by atoms with Crippen LogP contribution in [0.1, 0.15) is 27.7 Å². The van der Waals surface area contributed by atoms with Crippen molar-refractivity contribution in [3.05, 3.63) is 54.1 Å². The van der Waals surface area contributed by atoms with Gasteiger partial charge in [0.2, 0.25) is 5.91 Å². The predicted molar refractivity (Wildman–Crippen MR) is 103 cm³/mol. The summed E-state index contributed by atoms with van der Waals surface area (Å²) in [5, 5.41) is 5.24. The quantitative estimate of drug-likeness (QED) is 0.619. The third-order valence-electron chi connectivity index (χ3n) is 5.35. The van der Waals surface area contributed by atoms with Crippen LogP contribution in [0.5, 0.6) is 0 Å². The topological polar surface area (TPSA) is 42.2 Å². The van der Waals surface area contributed by atoms with Crippen LogP contribution >= 0.6 is 0 Å². The Labute approximate surface area is 147 Å². The zero-order valence-corrected chi connectivity index (χ0v) is 15.1. The first kappa shape index (κ1) is 15.9. The fraction of sp³-hybridized carbons (Fsp3) is 0.318. The number of hydrogen-bond acceptors (Lipinski definition) is 2. The van der Waals surface area contributed by atoms with Crippen LogP contribution in [0.25, 0.3) is 21.9 Å². The van der Waals surface area contributed by atoms with Gasteiger partial charge in [0.05, 0.1) is 5.92 Å². The van der Waals surface area contributed by atoms with Crippen molar-refractivity contribution >= 4 is 33.5 Å². The number of anilines is 1. The molecular formula is C22H23NO2. The summed E-state index contributed by atoms with van der Waals surface area (Å²) in [7, 11) is 0. The Balaban J connectivity index is 1.60. The Hall–Kier alpha value is -2.55.